The number of hydrogen-bond acceptors (Lipinski definition) is 6. The van der Waals surface area contributed by atoms with Crippen molar-refractivity contribution in [2.24, 2.45) is 5.73 Å². The fraction of sp³-hybridized carbons (Fsp3) is 0.474. The lowest BCUT2D eigenvalue weighted by Crippen LogP contribution is -2.49. The first-order valence-electron chi connectivity index (χ1n) is 9.60. The summed E-state index contributed by atoms with van der Waals surface area (Å²) >= 11 is 1.34. The molecule has 156 valence electrons. The van der Waals surface area contributed by atoms with Gasteiger partial charge in [0.1, 0.15) is 11.6 Å². The lowest BCUT2D eigenvalue weighted by molar-refractivity contribution is -0.128. The quantitative estimate of drug-likeness (QED) is 0.647. The molecular weight excluding hydrogens is 395 g/mol. The molecule has 8 nitrogen and oxygen atoms in total. The summed E-state index contributed by atoms with van der Waals surface area (Å²) in [7, 11) is 0. The zero-order valence-electron chi connectivity index (χ0n) is 16.4. The average molecular weight is 421 g/mol. The van der Waals surface area contributed by atoms with Gasteiger partial charge in [-0.05, 0) is 19.1 Å². The molecule has 2 aromatic rings. The summed E-state index contributed by atoms with van der Waals surface area (Å²) in [5.41, 5.74) is 5.78. The number of hydrogen-bond donors (Lipinski definition) is 1. The van der Waals surface area contributed by atoms with Crippen molar-refractivity contribution in [3.05, 3.63) is 35.9 Å². The number of benzene rings is 1. The average Bonchev–Trinajstić information content (AvgIpc) is 3.12. The summed E-state index contributed by atoms with van der Waals surface area (Å²) < 4.78 is 15.8. The van der Waals surface area contributed by atoms with Gasteiger partial charge >= 0.3 is 0 Å². The monoisotopic (exact) mass is 420 g/mol. The van der Waals surface area contributed by atoms with E-state index in [9.17, 15) is 14.0 Å². The van der Waals surface area contributed by atoms with Crippen molar-refractivity contribution in [1.82, 2.24) is 19.7 Å². The number of nitrogens with zero attached hydrogens (tertiary/aromatic N) is 5. The predicted molar refractivity (Wildman–Crippen MR) is 109 cm³/mol. The number of amides is 2. The summed E-state index contributed by atoms with van der Waals surface area (Å²) in [6.07, 6.45) is 0.650. The van der Waals surface area contributed by atoms with Crippen molar-refractivity contribution >= 4 is 29.3 Å². The van der Waals surface area contributed by atoms with Crippen molar-refractivity contribution in [3.8, 4) is 0 Å². The lowest BCUT2D eigenvalue weighted by Gasteiger charge is -2.36. The minimum absolute atomic E-state index is 0.0209. The van der Waals surface area contributed by atoms with E-state index in [1.54, 1.807) is 17.0 Å². The molecule has 0 radical (unpaired) electrons. The number of carbonyl (C=O) groups is 2. The summed E-state index contributed by atoms with van der Waals surface area (Å²) in [5.74, 6) is 0.351. The van der Waals surface area contributed by atoms with Gasteiger partial charge in [-0.1, -0.05) is 23.9 Å². The minimum Gasteiger partial charge on any atom is -0.370 e. The standard InChI is InChI=1S/C19H25FN6O2S/c1-2-26-17(8-7-16(21)27)22-23-19(26)29-13-18(28)25-11-9-24(10-12-25)15-6-4-3-5-14(15)20/h3-6H,2,7-13H2,1H3,(H2,21,27). The molecule has 2 amide bonds. The molecule has 0 saturated carbocycles. The Hall–Kier alpha value is -2.62. The molecule has 0 unspecified atom stereocenters. The number of thioether (sulfide) groups is 1. The van der Waals surface area contributed by atoms with Crippen LogP contribution in [0.1, 0.15) is 19.2 Å². The molecule has 1 aliphatic heterocycles. The molecule has 2 heterocycles. The third kappa shape index (κ3) is 5.26. The number of para-hydroxylation sites is 1. The Labute approximate surface area is 173 Å². The maximum Gasteiger partial charge on any atom is 0.233 e. The highest BCUT2D eigenvalue weighted by molar-refractivity contribution is 7.99. The lowest BCUT2D eigenvalue weighted by atomic mass is 10.2. The molecule has 1 aliphatic rings. The molecule has 1 aromatic carbocycles. The van der Waals surface area contributed by atoms with Gasteiger partial charge in [-0.2, -0.15) is 0 Å². The smallest absolute Gasteiger partial charge is 0.233 e. The van der Waals surface area contributed by atoms with Gasteiger partial charge in [-0.25, -0.2) is 4.39 Å². The maximum absolute atomic E-state index is 13.9. The first-order valence-corrected chi connectivity index (χ1v) is 10.6. The molecule has 0 spiro atoms. The molecule has 2 N–H and O–H groups in total. The Morgan fingerprint density at radius 3 is 2.55 bits per heavy atom. The number of nitrogens with two attached hydrogens (primary N) is 1. The molecule has 1 saturated heterocycles. The van der Waals surface area contributed by atoms with E-state index in [1.807, 2.05) is 22.5 Å². The van der Waals surface area contributed by atoms with E-state index in [-0.39, 0.29) is 29.8 Å². The van der Waals surface area contributed by atoms with Gasteiger partial charge in [0.25, 0.3) is 0 Å². The SMILES string of the molecule is CCn1c(CCC(N)=O)nnc1SCC(=O)N1CCN(c2ccccc2F)CC1. The first-order chi connectivity index (χ1) is 14.0. The van der Waals surface area contributed by atoms with Crippen molar-refractivity contribution in [3.63, 3.8) is 0 Å². The van der Waals surface area contributed by atoms with E-state index in [0.29, 0.717) is 55.8 Å². The fourth-order valence-corrected chi connectivity index (χ4v) is 4.21. The fourth-order valence-electron chi connectivity index (χ4n) is 3.29. The number of anilines is 1. The van der Waals surface area contributed by atoms with Crippen LogP contribution in [0.4, 0.5) is 10.1 Å². The second-order valence-corrected chi connectivity index (χ2v) is 7.66. The molecule has 1 aromatic heterocycles. The largest absolute Gasteiger partial charge is 0.370 e. The Balaban J connectivity index is 1.52. The molecule has 0 atom stereocenters. The first kappa shape index (κ1) is 21.1. The highest BCUT2D eigenvalue weighted by Crippen LogP contribution is 2.22. The van der Waals surface area contributed by atoms with Gasteiger partial charge in [0.2, 0.25) is 11.8 Å². The van der Waals surface area contributed by atoms with Crippen molar-refractivity contribution in [1.29, 1.82) is 0 Å². The van der Waals surface area contributed by atoms with Gasteiger partial charge in [0.15, 0.2) is 5.16 Å². The number of halogens is 1. The van der Waals surface area contributed by atoms with Gasteiger partial charge in [0.05, 0.1) is 11.4 Å². The normalized spacial score (nSPS) is 14.3. The molecule has 29 heavy (non-hydrogen) atoms. The molecule has 10 heteroatoms. The second kappa shape index (κ2) is 9.73. The number of rotatable bonds is 8. The summed E-state index contributed by atoms with van der Waals surface area (Å²) in [5, 5.41) is 8.92. The van der Waals surface area contributed by atoms with Crippen LogP contribution in [0.2, 0.25) is 0 Å². The summed E-state index contributed by atoms with van der Waals surface area (Å²) in [6, 6.07) is 6.69. The van der Waals surface area contributed by atoms with Crippen LogP contribution in [-0.2, 0) is 22.6 Å². The Morgan fingerprint density at radius 2 is 1.90 bits per heavy atom. The van der Waals surface area contributed by atoms with Crippen molar-refractivity contribution in [2.45, 2.75) is 31.5 Å². The third-order valence-electron chi connectivity index (χ3n) is 4.85. The number of primary amides is 1. The molecule has 1 fully saturated rings. The Kier molecular flexibility index (Phi) is 7.08. The molecule has 0 bridgehead atoms. The van der Waals surface area contributed by atoms with Gasteiger partial charge in [-0.3, -0.25) is 9.59 Å². The maximum atomic E-state index is 13.9. The van der Waals surface area contributed by atoms with Crippen LogP contribution in [0.5, 0.6) is 0 Å². The highest BCUT2D eigenvalue weighted by Gasteiger charge is 2.23. The van der Waals surface area contributed by atoms with Crippen LogP contribution in [0, 0.1) is 5.82 Å². The second-order valence-electron chi connectivity index (χ2n) is 6.72. The van der Waals surface area contributed by atoms with Crippen LogP contribution in [0.15, 0.2) is 29.4 Å². The van der Waals surface area contributed by atoms with E-state index in [4.69, 9.17) is 5.73 Å². The number of piperazine rings is 1. The Bertz CT molecular complexity index is 866. The third-order valence-corrected chi connectivity index (χ3v) is 5.81. The molecular formula is C19H25FN6O2S. The van der Waals surface area contributed by atoms with Crippen LogP contribution < -0.4 is 10.6 Å². The van der Waals surface area contributed by atoms with Crippen LogP contribution in [0.3, 0.4) is 0 Å². The van der Waals surface area contributed by atoms with Gasteiger partial charge in [0, 0.05) is 45.6 Å². The number of aromatic nitrogens is 3. The number of aryl methyl sites for hydroxylation is 1. The van der Waals surface area contributed by atoms with E-state index >= 15 is 0 Å². The summed E-state index contributed by atoms with van der Waals surface area (Å²) in [4.78, 5) is 27.3. The van der Waals surface area contributed by atoms with Crippen molar-refractivity contribution in [2.75, 3.05) is 36.8 Å². The van der Waals surface area contributed by atoms with Crippen LogP contribution >= 0.6 is 11.8 Å². The highest BCUT2D eigenvalue weighted by atomic mass is 32.2. The summed E-state index contributed by atoms with van der Waals surface area (Å²) in [6.45, 7) is 4.92. The predicted octanol–water partition coefficient (Wildman–Crippen LogP) is 1.30. The molecule has 0 aliphatic carbocycles. The van der Waals surface area contributed by atoms with E-state index < -0.39 is 0 Å². The van der Waals surface area contributed by atoms with Crippen LogP contribution in [-0.4, -0.2) is 63.4 Å². The van der Waals surface area contributed by atoms with Crippen LogP contribution in [0.25, 0.3) is 0 Å². The zero-order chi connectivity index (χ0) is 20.8. The van der Waals surface area contributed by atoms with E-state index in [2.05, 4.69) is 10.2 Å². The van der Waals surface area contributed by atoms with Gasteiger partial charge < -0.3 is 20.1 Å². The van der Waals surface area contributed by atoms with Crippen molar-refractivity contribution < 1.29 is 14.0 Å². The molecule has 3 rings (SSSR count). The zero-order valence-corrected chi connectivity index (χ0v) is 17.2. The van der Waals surface area contributed by atoms with Gasteiger partial charge in [-0.15, -0.1) is 10.2 Å². The minimum atomic E-state index is -0.380. The Morgan fingerprint density at radius 1 is 1.17 bits per heavy atom. The van der Waals surface area contributed by atoms with E-state index in [1.165, 1.54) is 17.8 Å². The topological polar surface area (TPSA) is 97.3 Å². The van der Waals surface area contributed by atoms with E-state index in [0.717, 1.165) is 0 Å². The number of carbonyl (C=O) groups excluding carboxylic acids is 2.